The van der Waals surface area contributed by atoms with Crippen LogP contribution in [0.5, 0.6) is 5.75 Å². The Morgan fingerprint density at radius 2 is 1.88 bits per heavy atom. The van der Waals surface area contributed by atoms with E-state index >= 15 is 0 Å². The number of carbonyl (C=O) groups excluding carboxylic acids is 3. The van der Waals surface area contributed by atoms with Gasteiger partial charge in [-0.25, -0.2) is 5.01 Å². The summed E-state index contributed by atoms with van der Waals surface area (Å²) in [6, 6.07) is 5.18. The first-order chi connectivity index (χ1) is 11.3. The van der Waals surface area contributed by atoms with Crippen molar-refractivity contribution in [2.45, 2.75) is 26.9 Å². The van der Waals surface area contributed by atoms with Crippen LogP contribution in [0.1, 0.15) is 32.5 Å². The van der Waals surface area contributed by atoms with Crippen LogP contribution < -0.4 is 10.1 Å². The second kappa shape index (κ2) is 7.00. The first-order valence-corrected chi connectivity index (χ1v) is 7.84. The van der Waals surface area contributed by atoms with Gasteiger partial charge >= 0.3 is 0 Å². The molecule has 8 nitrogen and oxygen atoms in total. The number of nitrogens with one attached hydrogen (secondary N) is 1. The van der Waals surface area contributed by atoms with E-state index in [-0.39, 0.29) is 23.7 Å². The van der Waals surface area contributed by atoms with Crippen LogP contribution in [0.4, 0.5) is 0 Å². The Kier molecular flexibility index (Phi) is 5.23. The largest absolute Gasteiger partial charge is 0.496 e. The molecule has 1 unspecified atom stereocenters. The van der Waals surface area contributed by atoms with E-state index in [1.807, 2.05) is 0 Å². The van der Waals surface area contributed by atoms with Crippen molar-refractivity contribution in [3.63, 3.8) is 0 Å². The molecule has 0 aromatic heterocycles. The van der Waals surface area contributed by atoms with Crippen LogP contribution in [0.25, 0.3) is 0 Å². The highest BCUT2D eigenvalue weighted by atomic mass is 79.9. The Morgan fingerprint density at radius 1 is 1.21 bits per heavy atom. The average Bonchev–Trinajstić information content (AvgIpc) is 2.85. The van der Waals surface area contributed by atoms with Crippen molar-refractivity contribution >= 4 is 39.6 Å². The molecule has 1 heterocycles. The van der Waals surface area contributed by atoms with Gasteiger partial charge < -0.3 is 4.74 Å². The summed E-state index contributed by atoms with van der Waals surface area (Å²) in [6.45, 7) is 3.98. The summed E-state index contributed by atoms with van der Waals surface area (Å²) in [5.74, 6) is -0.479. The summed E-state index contributed by atoms with van der Waals surface area (Å²) in [7, 11) is 1.54. The molecule has 0 aliphatic carbocycles. The van der Waals surface area contributed by atoms with Crippen molar-refractivity contribution in [2.75, 3.05) is 7.11 Å². The molecule has 0 saturated heterocycles. The number of amides is 3. The summed E-state index contributed by atoms with van der Waals surface area (Å²) in [4.78, 5) is 36.7. The van der Waals surface area contributed by atoms with E-state index < -0.39 is 6.17 Å². The normalized spacial score (nSPS) is 16.7. The number of nitrogens with zero attached hydrogens (tertiary/aromatic N) is 3. The minimum absolute atomic E-state index is 0.0159. The van der Waals surface area contributed by atoms with Gasteiger partial charge in [-0.05, 0) is 33.6 Å². The van der Waals surface area contributed by atoms with Crippen LogP contribution in [-0.2, 0) is 14.4 Å². The van der Waals surface area contributed by atoms with Gasteiger partial charge in [-0.2, -0.15) is 0 Å². The lowest BCUT2D eigenvalue weighted by atomic mass is 10.1. The van der Waals surface area contributed by atoms with Crippen molar-refractivity contribution in [3.8, 4) is 5.75 Å². The van der Waals surface area contributed by atoms with Gasteiger partial charge in [-0.15, -0.1) is 5.10 Å². The molecule has 128 valence electrons. The van der Waals surface area contributed by atoms with E-state index in [1.165, 1.54) is 32.8 Å². The zero-order chi connectivity index (χ0) is 18.0. The van der Waals surface area contributed by atoms with Crippen LogP contribution in [0.2, 0.25) is 0 Å². The topological polar surface area (TPSA) is 91.3 Å². The molecule has 1 aromatic rings. The van der Waals surface area contributed by atoms with E-state index in [2.05, 4.69) is 26.3 Å². The fourth-order valence-corrected chi connectivity index (χ4v) is 2.93. The summed E-state index contributed by atoms with van der Waals surface area (Å²) >= 11 is 3.38. The maximum atomic E-state index is 12.1. The summed E-state index contributed by atoms with van der Waals surface area (Å²) in [5.41, 5.74) is 0.636. The fraction of sp³-hybridized carbons (Fsp3) is 0.333. The van der Waals surface area contributed by atoms with Gasteiger partial charge in [0.05, 0.1) is 11.6 Å². The Morgan fingerprint density at radius 3 is 2.33 bits per heavy atom. The molecule has 1 N–H and O–H groups in total. The molecule has 1 aliphatic heterocycles. The van der Waals surface area contributed by atoms with Crippen molar-refractivity contribution < 1.29 is 19.1 Å². The number of hydrogen-bond donors (Lipinski definition) is 1. The molecule has 0 radical (unpaired) electrons. The Balaban J connectivity index is 2.52. The van der Waals surface area contributed by atoms with Crippen molar-refractivity contribution in [2.24, 2.45) is 5.10 Å². The molecule has 1 aromatic carbocycles. The minimum atomic E-state index is -0.788. The minimum Gasteiger partial charge on any atom is -0.496 e. The number of carbonyl (C=O) groups is 3. The predicted molar refractivity (Wildman–Crippen MR) is 89.7 cm³/mol. The molecule has 0 spiro atoms. The quantitative estimate of drug-likeness (QED) is 0.820. The van der Waals surface area contributed by atoms with E-state index in [1.54, 1.807) is 18.2 Å². The van der Waals surface area contributed by atoms with Crippen LogP contribution in [0.3, 0.4) is 0 Å². The number of ether oxygens (including phenoxy) is 1. The van der Waals surface area contributed by atoms with Gasteiger partial charge in [0.25, 0.3) is 0 Å². The molecule has 1 aliphatic rings. The second-order valence-electron chi connectivity index (χ2n) is 5.13. The lowest BCUT2D eigenvalue weighted by molar-refractivity contribution is -0.136. The fourth-order valence-electron chi connectivity index (χ4n) is 2.37. The highest BCUT2D eigenvalue weighted by Crippen LogP contribution is 2.35. The predicted octanol–water partition coefficient (Wildman–Crippen LogP) is 1.57. The van der Waals surface area contributed by atoms with Gasteiger partial charge in [0.15, 0.2) is 6.17 Å². The third-order valence-corrected chi connectivity index (χ3v) is 3.95. The van der Waals surface area contributed by atoms with E-state index in [0.717, 1.165) is 5.01 Å². The zero-order valence-corrected chi connectivity index (χ0v) is 15.2. The van der Waals surface area contributed by atoms with Gasteiger partial charge in [0.2, 0.25) is 23.7 Å². The molecular formula is C15H17BrN4O4. The highest BCUT2D eigenvalue weighted by Gasteiger charge is 2.40. The van der Waals surface area contributed by atoms with Gasteiger partial charge in [-0.1, -0.05) is 6.07 Å². The lowest BCUT2D eigenvalue weighted by Gasteiger charge is -2.28. The zero-order valence-electron chi connectivity index (χ0n) is 13.7. The number of hydrazone groups is 1. The third-order valence-electron chi connectivity index (χ3n) is 3.33. The van der Waals surface area contributed by atoms with Crippen LogP contribution in [0.15, 0.2) is 27.8 Å². The van der Waals surface area contributed by atoms with Crippen LogP contribution >= 0.6 is 15.9 Å². The monoisotopic (exact) mass is 396 g/mol. The summed E-state index contributed by atoms with van der Waals surface area (Å²) in [6.07, 6.45) is -0.788. The molecule has 3 amide bonds. The van der Waals surface area contributed by atoms with E-state index in [9.17, 15) is 14.4 Å². The maximum Gasteiger partial charge on any atom is 0.241 e. The molecule has 1 atom stereocenters. The average molecular weight is 397 g/mol. The summed E-state index contributed by atoms with van der Waals surface area (Å²) in [5, 5.41) is 7.72. The van der Waals surface area contributed by atoms with Crippen molar-refractivity contribution in [1.29, 1.82) is 0 Å². The first kappa shape index (κ1) is 17.9. The van der Waals surface area contributed by atoms with E-state index in [0.29, 0.717) is 15.8 Å². The molecule has 0 bridgehead atoms. The molecule has 24 heavy (non-hydrogen) atoms. The molecule has 9 heteroatoms. The van der Waals surface area contributed by atoms with Crippen LogP contribution in [0, 0.1) is 0 Å². The smallest absolute Gasteiger partial charge is 0.241 e. The second-order valence-corrected chi connectivity index (χ2v) is 5.98. The molecule has 2 rings (SSSR count). The SMILES string of the molecule is COc1ccc(C2N(C(C)=O)N=C(NC(C)=O)N2C(C)=O)cc1Br. The number of hydrogen-bond acceptors (Lipinski definition) is 5. The Labute approximate surface area is 147 Å². The summed E-state index contributed by atoms with van der Waals surface area (Å²) < 4.78 is 5.86. The molecule has 0 saturated carbocycles. The van der Waals surface area contributed by atoms with Crippen molar-refractivity contribution in [3.05, 3.63) is 28.2 Å². The van der Waals surface area contributed by atoms with Gasteiger partial charge in [0, 0.05) is 20.8 Å². The van der Waals surface area contributed by atoms with Crippen LogP contribution in [-0.4, -0.2) is 40.7 Å². The Hall–Kier alpha value is -2.42. The standard InChI is InChI=1S/C15H17BrN4O4/c1-8(21)17-15-18-20(10(3)23)14(19(15)9(2)22)11-5-6-13(24-4)12(16)7-11/h5-7,14H,1-4H3,(H,17,18,21). The van der Waals surface area contributed by atoms with Gasteiger partial charge in [0.1, 0.15) is 5.75 Å². The van der Waals surface area contributed by atoms with Gasteiger partial charge in [-0.3, -0.25) is 24.6 Å². The molecular weight excluding hydrogens is 380 g/mol. The number of rotatable bonds is 2. The highest BCUT2D eigenvalue weighted by molar-refractivity contribution is 9.10. The maximum absolute atomic E-state index is 12.1. The van der Waals surface area contributed by atoms with Crippen molar-refractivity contribution in [1.82, 2.24) is 15.2 Å². The first-order valence-electron chi connectivity index (χ1n) is 7.05. The van der Waals surface area contributed by atoms with E-state index in [4.69, 9.17) is 4.74 Å². The number of guanidine groups is 1. The Bertz CT molecular complexity index is 734. The third kappa shape index (κ3) is 3.40. The number of methoxy groups -OCH3 is 1. The number of halogens is 1. The molecule has 0 fully saturated rings. The lowest BCUT2D eigenvalue weighted by Crippen LogP contribution is -2.45. The number of benzene rings is 1.